The van der Waals surface area contributed by atoms with E-state index in [0.717, 1.165) is 16.9 Å². The van der Waals surface area contributed by atoms with E-state index >= 15 is 0 Å². The first kappa shape index (κ1) is 28.3. The molecule has 1 aliphatic rings. The first-order chi connectivity index (χ1) is 18.5. The molecule has 3 aromatic rings. The van der Waals surface area contributed by atoms with Crippen molar-refractivity contribution in [3.63, 3.8) is 0 Å². The molecule has 0 spiro atoms. The highest BCUT2D eigenvalue weighted by Gasteiger charge is 2.41. The summed E-state index contributed by atoms with van der Waals surface area (Å²) in [7, 11) is 3.75. The average molecular weight is 550 g/mol. The number of nitrogens with zero attached hydrogens (tertiary/aromatic N) is 8. The number of imidazole rings is 1. The number of ether oxygens (including phenoxy) is 1. The molecule has 0 aliphatic carbocycles. The van der Waals surface area contributed by atoms with Gasteiger partial charge in [0.25, 0.3) is 0 Å². The molecule has 3 aromatic heterocycles. The highest BCUT2D eigenvalue weighted by Crippen LogP contribution is 2.28. The molecule has 11 nitrogen and oxygen atoms in total. The van der Waals surface area contributed by atoms with Crippen LogP contribution in [0.4, 0.5) is 24.8 Å². The van der Waals surface area contributed by atoms with Gasteiger partial charge in [0.05, 0.1) is 18.4 Å². The molecule has 4 rings (SSSR count). The van der Waals surface area contributed by atoms with Crippen LogP contribution in [-0.2, 0) is 11.2 Å². The summed E-state index contributed by atoms with van der Waals surface area (Å²) in [6.45, 7) is 6.66. The molecular formula is C25H34F3N9O2. The summed E-state index contributed by atoms with van der Waals surface area (Å²) in [6, 6.07) is 1.55. The minimum absolute atomic E-state index is 0.0727. The third kappa shape index (κ3) is 6.67. The van der Waals surface area contributed by atoms with Crippen molar-refractivity contribution in [2.45, 2.75) is 45.4 Å². The van der Waals surface area contributed by atoms with Gasteiger partial charge in [-0.3, -0.25) is 4.79 Å². The van der Waals surface area contributed by atoms with Crippen molar-refractivity contribution in [1.82, 2.24) is 34.4 Å². The number of hydrogen-bond acceptors (Lipinski definition) is 9. The second kappa shape index (κ2) is 11.6. The lowest BCUT2D eigenvalue weighted by Gasteiger charge is -2.36. The van der Waals surface area contributed by atoms with E-state index in [1.807, 2.05) is 36.9 Å². The Balaban J connectivity index is 1.48. The van der Waals surface area contributed by atoms with Gasteiger partial charge in [0.1, 0.15) is 5.82 Å². The maximum Gasteiger partial charge on any atom is 0.425 e. The number of aryl methyl sites for hydroxylation is 1. The van der Waals surface area contributed by atoms with Crippen LogP contribution in [-0.4, -0.2) is 99.4 Å². The number of carbonyl (C=O) groups excluding carboxylic acids is 1. The van der Waals surface area contributed by atoms with Crippen LogP contribution in [0.2, 0.25) is 0 Å². The second-order valence-electron chi connectivity index (χ2n) is 9.97. The van der Waals surface area contributed by atoms with Crippen molar-refractivity contribution in [2.24, 2.45) is 0 Å². The predicted octanol–water partition coefficient (Wildman–Crippen LogP) is 2.32. The van der Waals surface area contributed by atoms with Gasteiger partial charge >= 0.3 is 12.2 Å². The second-order valence-corrected chi connectivity index (χ2v) is 9.97. The number of fused-ring (bicyclic) bond motifs is 1. The Bertz CT molecular complexity index is 1300. The zero-order valence-electron chi connectivity index (χ0n) is 22.6. The Hall–Kier alpha value is -3.68. The summed E-state index contributed by atoms with van der Waals surface area (Å²) in [5.41, 5.74) is 8.64. The van der Waals surface area contributed by atoms with Gasteiger partial charge in [0.2, 0.25) is 5.91 Å². The molecule has 14 heteroatoms. The zero-order valence-corrected chi connectivity index (χ0v) is 22.6. The molecule has 1 unspecified atom stereocenters. The fraction of sp³-hybridized carbons (Fsp3) is 0.560. The zero-order chi connectivity index (χ0) is 28.3. The SMILES string of the molecule is CCCC(Oc1nc(N)c2ncc(Cc3cnc(N4CCN(C(=O)CN(C)C)CC4)c(C)c3)n2n1)C(F)(F)F. The van der Waals surface area contributed by atoms with E-state index in [0.29, 0.717) is 44.8 Å². The van der Waals surface area contributed by atoms with Crippen LogP contribution in [0.3, 0.4) is 0 Å². The van der Waals surface area contributed by atoms with Crippen LogP contribution in [0.1, 0.15) is 36.6 Å². The number of aromatic nitrogens is 5. The third-order valence-corrected chi connectivity index (χ3v) is 6.48. The number of piperazine rings is 1. The highest BCUT2D eigenvalue weighted by atomic mass is 19.4. The first-order valence-electron chi connectivity index (χ1n) is 12.8. The Labute approximate surface area is 224 Å². The van der Waals surface area contributed by atoms with E-state index in [-0.39, 0.29) is 30.2 Å². The number of pyridine rings is 1. The normalized spacial score (nSPS) is 15.3. The molecule has 1 atom stereocenters. The summed E-state index contributed by atoms with van der Waals surface area (Å²) >= 11 is 0. The number of halogens is 3. The molecule has 1 aliphatic heterocycles. The van der Waals surface area contributed by atoms with E-state index in [9.17, 15) is 18.0 Å². The largest absolute Gasteiger partial charge is 0.449 e. The number of carbonyl (C=O) groups is 1. The van der Waals surface area contributed by atoms with Crippen LogP contribution < -0.4 is 15.4 Å². The van der Waals surface area contributed by atoms with Crippen molar-refractivity contribution in [3.8, 4) is 6.01 Å². The van der Waals surface area contributed by atoms with Crippen LogP contribution in [0.15, 0.2) is 18.5 Å². The number of nitrogens with two attached hydrogens (primary N) is 1. The van der Waals surface area contributed by atoms with Crippen molar-refractivity contribution in [3.05, 3.63) is 35.3 Å². The number of amides is 1. The smallest absolute Gasteiger partial charge is 0.425 e. The lowest BCUT2D eigenvalue weighted by atomic mass is 10.1. The summed E-state index contributed by atoms with van der Waals surface area (Å²) < 4.78 is 46.5. The third-order valence-electron chi connectivity index (χ3n) is 6.48. The molecule has 212 valence electrons. The summed E-state index contributed by atoms with van der Waals surface area (Å²) in [6.07, 6.45) is -2.83. The van der Waals surface area contributed by atoms with Crippen molar-refractivity contribution < 1.29 is 22.7 Å². The first-order valence-corrected chi connectivity index (χ1v) is 12.8. The fourth-order valence-electron chi connectivity index (χ4n) is 4.58. The number of likely N-dealkylation sites (N-methyl/N-ethyl adjacent to an activating group) is 1. The van der Waals surface area contributed by atoms with Gasteiger partial charge in [0.15, 0.2) is 17.6 Å². The molecule has 1 fully saturated rings. The van der Waals surface area contributed by atoms with Crippen LogP contribution >= 0.6 is 0 Å². The number of anilines is 2. The van der Waals surface area contributed by atoms with Crippen LogP contribution in [0.5, 0.6) is 6.01 Å². The molecular weight excluding hydrogens is 515 g/mol. The maximum absolute atomic E-state index is 13.4. The molecule has 0 bridgehead atoms. The molecule has 1 saturated heterocycles. The Kier molecular flexibility index (Phi) is 8.42. The van der Waals surface area contributed by atoms with E-state index < -0.39 is 18.3 Å². The fourth-order valence-corrected chi connectivity index (χ4v) is 4.58. The predicted molar refractivity (Wildman–Crippen MR) is 140 cm³/mol. The van der Waals surface area contributed by atoms with Crippen LogP contribution in [0.25, 0.3) is 5.65 Å². The van der Waals surface area contributed by atoms with Crippen LogP contribution in [0, 0.1) is 6.92 Å². The quantitative estimate of drug-likeness (QED) is 0.429. The summed E-state index contributed by atoms with van der Waals surface area (Å²) in [5, 5.41) is 4.16. The highest BCUT2D eigenvalue weighted by molar-refractivity contribution is 5.78. The lowest BCUT2D eigenvalue weighted by Crippen LogP contribution is -2.51. The van der Waals surface area contributed by atoms with Gasteiger partial charge in [-0.05, 0) is 38.6 Å². The van der Waals surface area contributed by atoms with Gasteiger partial charge in [-0.25, -0.2) is 14.5 Å². The summed E-state index contributed by atoms with van der Waals surface area (Å²) in [5.74, 6) is 0.898. The molecule has 1 amide bonds. The van der Waals surface area contributed by atoms with Crippen molar-refractivity contribution in [2.75, 3.05) is 57.5 Å². The van der Waals surface area contributed by atoms with Gasteiger partial charge in [-0.2, -0.15) is 18.2 Å². The molecule has 0 aromatic carbocycles. The Morgan fingerprint density at radius 2 is 1.90 bits per heavy atom. The number of nitrogen functional groups attached to an aromatic ring is 1. The van der Waals surface area contributed by atoms with E-state index in [1.54, 1.807) is 19.3 Å². The van der Waals surface area contributed by atoms with E-state index in [1.165, 1.54) is 4.52 Å². The maximum atomic E-state index is 13.4. The monoisotopic (exact) mass is 549 g/mol. The number of rotatable bonds is 9. The number of alkyl halides is 3. The Morgan fingerprint density at radius 1 is 1.18 bits per heavy atom. The summed E-state index contributed by atoms with van der Waals surface area (Å²) in [4.78, 5) is 31.0. The molecule has 0 saturated carbocycles. The number of hydrogen-bond donors (Lipinski definition) is 1. The standard InChI is InChI=1S/C25H34F3N9O2/c1-5-6-19(25(26,27)28)39-24-32-21(29)23-31-14-18(37(23)33-24)12-17-11-16(2)22(30-13-17)36-9-7-35(8-10-36)20(38)15-34(3)4/h11,13-14,19H,5-10,12,15H2,1-4H3,(H2,29,32,33). The van der Waals surface area contributed by atoms with E-state index in [2.05, 4.69) is 25.0 Å². The van der Waals surface area contributed by atoms with Gasteiger partial charge < -0.3 is 25.2 Å². The van der Waals surface area contributed by atoms with Gasteiger partial charge in [-0.1, -0.05) is 19.4 Å². The molecule has 2 N–H and O–H groups in total. The minimum Gasteiger partial charge on any atom is -0.449 e. The lowest BCUT2D eigenvalue weighted by molar-refractivity contribution is -0.198. The van der Waals surface area contributed by atoms with Gasteiger partial charge in [-0.15, -0.1) is 5.10 Å². The molecule has 39 heavy (non-hydrogen) atoms. The molecule has 0 radical (unpaired) electrons. The van der Waals surface area contributed by atoms with E-state index in [4.69, 9.17) is 10.5 Å². The molecule has 4 heterocycles. The minimum atomic E-state index is -4.56. The van der Waals surface area contributed by atoms with Crippen molar-refractivity contribution >= 4 is 23.2 Å². The van der Waals surface area contributed by atoms with Crippen molar-refractivity contribution in [1.29, 1.82) is 0 Å². The topological polar surface area (TPSA) is 118 Å². The Morgan fingerprint density at radius 3 is 2.51 bits per heavy atom. The average Bonchev–Trinajstić information content (AvgIpc) is 3.26. The van der Waals surface area contributed by atoms with Gasteiger partial charge in [0, 0.05) is 38.8 Å².